The molecular formula is C16H18ClN. The summed E-state index contributed by atoms with van der Waals surface area (Å²) in [5.74, 6) is 0.551. The summed E-state index contributed by atoms with van der Waals surface area (Å²) in [5, 5.41) is 0. The molecule has 0 radical (unpaired) electrons. The van der Waals surface area contributed by atoms with Crippen LogP contribution in [0.1, 0.15) is 22.7 Å². The standard InChI is InChI=1S/C16H17N.ClH/c17-16-14(10-12-6-2-1-3-7-12)11-13-8-4-5-9-15(13)16;/h1-9,14,16H,10-11,17H2;1H. The Balaban J connectivity index is 0.00000120. The van der Waals surface area contributed by atoms with Crippen molar-refractivity contribution in [3.8, 4) is 0 Å². The summed E-state index contributed by atoms with van der Waals surface area (Å²) >= 11 is 0. The lowest BCUT2D eigenvalue weighted by atomic mass is 9.93. The maximum Gasteiger partial charge on any atom is 0.0332 e. The molecule has 0 spiro atoms. The first-order valence-corrected chi connectivity index (χ1v) is 6.22. The Morgan fingerprint density at radius 2 is 1.61 bits per heavy atom. The Kier molecular flexibility index (Phi) is 4.05. The van der Waals surface area contributed by atoms with Gasteiger partial charge in [0.15, 0.2) is 0 Å². The fourth-order valence-corrected chi connectivity index (χ4v) is 2.82. The average Bonchev–Trinajstić information content (AvgIpc) is 2.68. The van der Waals surface area contributed by atoms with Gasteiger partial charge in [0.25, 0.3) is 0 Å². The molecule has 2 aromatic carbocycles. The third-order valence-corrected chi connectivity index (χ3v) is 3.74. The summed E-state index contributed by atoms with van der Waals surface area (Å²) in [7, 11) is 0. The molecule has 1 nitrogen and oxygen atoms in total. The molecule has 1 aliphatic rings. The number of benzene rings is 2. The summed E-state index contributed by atoms with van der Waals surface area (Å²) in [6.07, 6.45) is 2.20. The van der Waals surface area contributed by atoms with Crippen LogP contribution in [0.4, 0.5) is 0 Å². The van der Waals surface area contributed by atoms with E-state index in [2.05, 4.69) is 54.6 Å². The molecule has 94 valence electrons. The Morgan fingerprint density at radius 3 is 2.33 bits per heavy atom. The molecule has 0 aromatic heterocycles. The minimum Gasteiger partial charge on any atom is -0.324 e. The molecule has 3 rings (SSSR count). The van der Waals surface area contributed by atoms with Crippen LogP contribution in [-0.4, -0.2) is 0 Å². The van der Waals surface area contributed by atoms with Crippen molar-refractivity contribution in [2.24, 2.45) is 11.7 Å². The maximum absolute atomic E-state index is 6.34. The van der Waals surface area contributed by atoms with Gasteiger partial charge in [-0.3, -0.25) is 0 Å². The Morgan fingerprint density at radius 1 is 0.944 bits per heavy atom. The van der Waals surface area contributed by atoms with Crippen LogP contribution >= 0.6 is 12.4 Å². The topological polar surface area (TPSA) is 26.0 Å². The second-order valence-corrected chi connectivity index (χ2v) is 4.88. The quantitative estimate of drug-likeness (QED) is 0.877. The largest absolute Gasteiger partial charge is 0.324 e. The molecule has 1 aliphatic carbocycles. The third-order valence-electron chi connectivity index (χ3n) is 3.74. The predicted octanol–water partition coefficient (Wildman–Crippen LogP) is 3.52. The van der Waals surface area contributed by atoms with Gasteiger partial charge in [0.05, 0.1) is 0 Å². The maximum atomic E-state index is 6.34. The molecule has 2 aromatic rings. The minimum absolute atomic E-state index is 0. The van der Waals surface area contributed by atoms with Crippen LogP contribution in [0, 0.1) is 5.92 Å². The molecular weight excluding hydrogens is 242 g/mol. The molecule has 0 saturated carbocycles. The summed E-state index contributed by atoms with van der Waals surface area (Å²) in [6, 6.07) is 19.4. The SMILES string of the molecule is Cl.NC1c2ccccc2CC1Cc1ccccc1. The number of halogens is 1. The molecule has 2 unspecified atom stereocenters. The monoisotopic (exact) mass is 259 g/mol. The van der Waals surface area contributed by atoms with E-state index in [1.165, 1.54) is 16.7 Å². The summed E-state index contributed by atoms with van der Waals surface area (Å²) in [5.41, 5.74) is 10.5. The van der Waals surface area contributed by atoms with Gasteiger partial charge in [-0.05, 0) is 35.4 Å². The summed E-state index contributed by atoms with van der Waals surface area (Å²) < 4.78 is 0. The number of fused-ring (bicyclic) bond motifs is 1. The Hall–Kier alpha value is -1.31. The molecule has 2 heteroatoms. The second-order valence-electron chi connectivity index (χ2n) is 4.88. The second kappa shape index (κ2) is 5.55. The van der Waals surface area contributed by atoms with Gasteiger partial charge in [0, 0.05) is 6.04 Å². The number of nitrogens with two attached hydrogens (primary N) is 1. The van der Waals surface area contributed by atoms with E-state index in [9.17, 15) is 0 Å². The molecule has 2 atom stereocenters. The fraction of sp³-hybridized carbons (Fsp3) is 0.250. The molecule has 2 N–H and O–H groups in total. The highest BCUT2D eigenvalue weighted by Crippen LogP contribution is 2.35. The van der Waals surface area contributed by atoms with E-state index in [4.69, 9.17) is 5.73 Å². The first kappa shape index (κ1) is 13.1. The number of hydrogen-bond acceptors (Lipinski definition) is 1. The highest BCUT2D eigenvalue weighted by Gasteiger charge is 2.28. The smallest absolute Gasteiger partial charge is 0.0332 e. The molecule has 0 fully saturated rings. The normalized spacial score (nSPS) is 21.2. The van der Waals surface area contributed by atoms with Crippen molar-refractivity contribution in [3.05, 3.63) is 71.3 Å². The first-order valence-electron chi connectivity index (χ1n) is 6.22. The van der Waals surface area contributed by atoms with Gasteiger partial charge in [-0.15, -0.1) is 12.4 Å². The van der Waals surface area contributed by atoms with Crippen LogP contribution in [-0.2, 0) is 12.8 Å². The van der Waals surface area contributed by atoms with Crippen LogP contribution in [0.25, 0.3) is 0 Å². The van der Waals surface area contributed by atoms with Gasteiger partial charge in [-0.25, -0.2) is 0 Å². The van der Waals surface area contributed by atoms with Crippen LogP contribution in [0.5, 0.6) is 0 Å². The minimum atomic E-state index is 0. The fourth-order valence-electron chi connectivity index (χ4n) is 2.82. The van der Waals surface area contributed by atoms with Crippen molar-refractivity contribution in [1.82, 2.24) is 0 Å². The van der Waals surface area contributed by atoms with Gasteiger partial charge < -0.3 is 5.73 Å². The summed E-state index contributed by atoms with van der Waals surface area (Å²) in [6.45, 7) is 0. The lowest BCUT2D eigenvalue weighted by Gasteiger charge is -2.15. The van der Waals surface area contributed by atoms with Gasteiger partial charge >= 0.3 is 0 Å². The van der Waals surface area contributed by atoms with E-state index in [0.29, 0.717) is 5.92 Å². The van der Waals surface area contributed by atoms with Crippen molar-refractivity contribution >= 4 is 12.4 Å². The number of rotatable bonds is 2. The highest BCUT2D eigenvalue weighted by molar-refractivity contribution is 5.85. The van der Waals surface area contributed by atoms with Crippen molar-refractivity contribution in [3.63, 3.8) is 0 Å². The highest BCUT2D eigenvalue weighted by atomic mass is 35.5. The van der Waals surface area contributed by atoms with Crippen molar-refractivity contribution in [2.45, 2.75) is 18.9 Å². The Labute approximate surface area is 114 Å². The van der Waals surface area contributed by atoms with Crippen LogP contribution in [0.15, 0.2) is 54.6 Å². The van der Waals surface area contributed by atoms with Gasteiger partial charge in [-0.1, -0.05) is 54.6 Å². The van der Waals surface area contributed by atoms with E-state index >= 15 is 0 Å². The van der Waals surface area contributed by atoms with Crippen molar-refractivity contribution < 1.29 is 0 Å². The first-order chi connectivity index (χ1) is 8.34. The van der Waals surface area contributed by atoms with E-state index < -0.39 is 0 Å². The zero-order valence-electron chi connectivity index (χ0n) is 10.3. The molecule has 0 saturated heterocycles. The lowest BCUT2D eigenvalue weighted by molar-refractivity contribution is 0.465. The predicted molar refractivity (Wildman–Crippen MR) is 78.0 cm³/mol. The number of hydrogen-bond donors (Lipinski definition) is 1. The van der Waals surface area contributed by atoms with E-state index in [1.54, 1.807) is 0 Å². The van der Waals surface area contributed by atoms with E-state index in [0.717, 1.165) is 12.8 Å². The van der Waals surface area contributed by atoms with Crippen LogP contribution in [0.2, 0.25) is 0 Å². The van der Waals surface area contributed by atoms with Gasteiger partial charge in [0.1, 0.15) is 0 Å². The van der Waals surface area contributed by atoms with Gasteiger partial charge in [-0.2, -0.15) is 0 Å². The van der Waals surface area contributed by atoms with Crippen molar-refractivity contribution in [1.29, 1.82) is 0 Å². The van der Waals surface area contributed by atoms with Crippen molar-refractivity contribution in [2.75, 3.05) is 0 Å². The molecule has 18 heavy (non-hydrogen) atoms. The molecule has 0 aliphatic heterocycles. The van der Waals surface area contributed by atoms with Gasteiger partial charge in [0.2, 0.25) is 0 Å². The van der Waals surface area contributed by atoms with Crippen LogP contribution < -0.4 is 5.73 Å². The van der Waals surface area contributed by atoms with E-state index in [-0.39, 0.29) is 18.4 Å². The zero-order chi connectivity index (χ0) is 11.7. The molecule has 0 heterocycles. The lowest BCUT2D eigenvalue weighted by Crippen LogP contribution is -2.18. The zero-order valence-corrected chi connectivity index (χ0v) is 11.1. The summed E-state index contributed by atoms with van der Waals surface area (Å²) in [4.78, 5) is 0. The molecule has 0 bridgehead atoms. The average molecular weight is 260 g/mol. The third kappa shape index (κ3) is 2.43. The van der Waals surface area contributed by atoms with Crippen LogP contribution in [0.3, 0.4) is 0 Å². The molecule has 0 amide bonds. The Bertz CT molecular complexity index is 510. The van der Waals surface area contributed by atoms with E-state index in [1.807, 2.05) is 0 Å².